The van der Waals surface area contributed by atoms with Crippen molar-refractivity contribution in [1.29, 1.82) is 0 Å². The lowest BCUT2D eigenvalue weighted by Gasteiger charge is -2.06. The van der Waals surface area contributed by atoms with Crippen LogP contribution in [0.25, 0.3) is 0 Å². The molecule has 0 aliphatic rings. The monoisotopic (exact) mass is 334 g/mol. The molecule has 0 radical (unpaired) electrons. The highest BCUT2D eigenvalue weighted by atomic mass is 79.9. The zero-order valence-electron chi connectivity index (χ0n) is 7.70. The Bertz CT molecular complexity index is 377. The minimum Gasteiger partial charge on any atom is -0.425 e. The van der Waals surface area contributed by atoms with E-state index >= 15 is 0 Å². The number of Topliss-reactive ketones (excluding diaryl/α,β-unsaturated/α-hetero) is 1. The highest BCUT2D eigenvalue weighted by Gasteiger charge is 2.12. The van der Waals surface area contributed by atoms with E-state index in [1.54, 1.807) is 24.3 Å². The third-order valence-electron chi connectivity index (χ3n) is 1.64. The lowest BCUT2D eigenvalue weighted by Crippen LogP contribution is -2.12. The Kier molecular flexibility index (Phi) is 4.98. The molecule has 0 spiro atoms. The van der Waals surface area contributed by atoms with Crippen LogP contribution in [0.15, 0.2) is 24.3 Å². The molecule has 80 valence electrons. The smallest absolute Gasteiger partial charge is 0.321 e. The second kappa shape index (κ2) is 6.02. The number of alkyl halides is 2. The van der Waals surface area contributed by atoms with E-state index in [0.717, 1.165) is 0 Å². The molecule has 0 aromatic heterocycles. The Morgan fingerprint density at radius 3 is 2.40 bits per heavy atom. The Balaban J connectivity index is 2.96. The summed E-state index contributed by atoms with van der Waals surface area (Å²) in [5.41, 5.74) is 0.406. The molecule has 0 bridgehead atoms. The van der Waals surface area contributed by atoms with Gasteiger partial charge in [0.2, 0.25) is 0 Å². The van der Waals surface area contributed by atoms with Crippen LogP contribution in [-0.2, 0) is 4.79 Å². The summed E-state index contributed by atoms with van der Waals surface area (Å²) in [5.74, 6) is -0.246. The summed E-state index contributed by atoms with van der Waals surface area (Å²) in [6.07, 6.45) is 0. The van der Waals surface area contributed by atoms with Crippen molar-refractivity contribution in [1.82, 2.24) is 0 Å². The summed E-state index contributed by atoms with van der Waals surface area (Å²) in [5, 5.41) is 0.305. The average molecular weight is 336 g/mol. The minimum atomic E-state index is -0.426. The highest BCUT2D eigenvalue weighted by Crippen LogP contribution is 2.19. The Hall–Kier alpha value is -0.680. The summed E-state index contributed by atoms with van der Waals surface area (Å²) in [4.78, 5) is 22.5. The summed E-state index contributed by atoms with van der Waals surface area (Å²) >= 11 is 6.05. The number of halogens is 2. The second-order valence-corrected chi connectivity index (χ2v) is 3.78. The van der Waals surface area contributed by atoms with Gasteiger partial charge in [0.15, 0.2) is 5.78 Å². The van der Waals surface area contributed by atoms with E-state index in [4.69, 9.17) is 4.74 Å². The molecule has 1 aromatic carbocycles. The van der Waals surface area contributed by atoms with Crippen LogP contribution < -0.4 is 4.74 Å². The first-order valence-electron chi connectivity index (χ1n) is 4.14. The van der Waals surface area contributed by atoms with Crippen molar-refractivity contribution in [2.75, 3.05) is 10.7 Å². The molecule has 5 heteroatoms. The molecular formula is C10H8Br2O3. The maximum atomic E-state index is 11.5. The van der Waals surface area contributed by atoms with Gasteiger partial charge in [-0.3, -0.25) is 9.59 Å². The highest BCUT2D eigenvalue weighted by molar-refractivity contribution is 9.09. The first kappa shape index (κ1) is 12.4. The number of hydrogen-bond donors (Lipinski definition) is 0. The zero-order chi connectivity index (χ0) is 11.3. The summed E-state index contributed by atoms with van der Waals surface area (Å²) < 4.78 is 4.99. The van der Waals surface area contributed by atoms with E-state index < -0.39 is 5.97 Å². The first-order chi connectivity index (χ1) is 7.19. The molecule has 0 saturated carbocycles. The predicted molar refractivity (Wildman–Crippen MR) is 64.0 cm³/mol. The van der Waals surface area contributed by atoms with Gasteiger partial charge in [-0.05, 0) is 12.1 Å². The number of ketones is 1. The Morgan fingerprint density at radius 2 is 1.80 bits per heavy atom. The van der Waals surface area contributed by atoms with E-state index in [1.807, 2.05) is 0 Å². The van der Waals surface area contributed by atoms with Gasteiger partial charge in [-0.1, -0.05) is 44.0 Å². The van der Waals surface area contributed by atoms with Gasteiger partial charge in [0.1, 0.15) is 11.1 Å². The predicted octanol–water partition coefficient (Wildman–Crippen LogP) is 2.56. The lowest BCUT2D eigenvalue weighted by atomic mass is 10.1. The molecule has 0 aliphatic heterocycles. The number of para-hydroxylation sites is 1. The van der Waals surface area contributed by atoms with Gasteiger partial charge < -0.3 is 4.74 Å². The van der Waals surface area contributed by atoms with Gasteiger partial charge in [-0.2, -0.15) is 0 Å². The minimum absolute atomic E-state index is 0.101. The topological polar surface area (TPSA) is 43.4 Å². The van der Waals surface area contributed by atoms with E-state index in [2.05, 4.69) is 31.9 Å². The fourth-order valence-corrected chi connectivity index (χ4v) is 1.42. The standard InChI is InChI=1S/C10H8Br2O3/c11-5-8(13)7-3-1-2-4-9(7)15-10(14)6-12/h1-4H,5-6H2. The van der Waals surface area contributed by atoms with Crippen molar-refractivity contribution >= 4 is 43.6 Å². The third kappa shape index (κ3) is 3.43. The van der Waals surface area contributed by atoms with Gasteiger partial charge in [0, 0.05) is 0 Å². The van der Waals surface area contributed by atoms with Crippen LogP contribution in [0.3, 0.4) is 0 Å². The van der Waals surface area contributed by atoms with Crippen LogP contribution in [0.1, 0.15) is 10.4 Å². The molecule has 1 aromatic rings. The van der Waals surface area contributed by atoms with Crippen LogP contribution in [-0.4, -0.2) is 22.4 Å². The summed E-state index contributed by atoms with van der Waals surface area (Å²) in [7, 11) is 0. The molecule has 0 fully saturated rings. The molecule has 3 nitrogen and oxygen atoms in total. The van der Waals surface area contributed by atoms with E-state index in [1.165, 1.54) is 0 Å². The maximum absolute atomic E-state index is 11.5. The van der Waals surface area contributed by atoms with Crippen molar-refractivity contribution in [3.63, 3.8) is 0 Å². The van der Waals surface area contributed by atoms with Crippen molar-refractivity contribution in [2.45, 2.75) is 0 Å². The molecule has 0 aliphatic carbocycles. The normalized spacial score (nSPS) is 9.73. The molecule has 0 atom stereocenters. The van der Waals surface area contributed by atoms with Gasteiger partial charge in [-0.15, -0.1) is 0 Å². The summed E-state index contributed by atoms with van der Waals surface area (Å²) in [6.45, 7) is 0. The van der Waals surface area contributed by atoms with Crippen molar-refractivity contribution in [3.8, 4) is 5.75 Å². The Labute approximate surface area is 104 Å². The molecule has 0 amide bonds. The second-order valence-electron chi connectivity index (χ2n) is 2.66. The number of ether oxygens (including phenoxy) is 1. The van der Waals surface area contributed by atoms with Crippen LogP contribution in [0.5, 0.6) is 5.75 Å². The molecule has 0 saturated heterocycles. The van der Waals surface area contributed by atoms with E-state index in [9.17, 15) is 9.59 Å². The largest absolute Gasteiger partial charge is 0.425 e. The van der Waals surface area contributed by atoms with Crippen LogP contribution in [0.2, 0.25) is 0 Å². The van der Waals surface area contributed by atoms with Crippen molar-refractivity contribution < 1.29 is 14.3 Å². The van der Waals surface area contributed by atoms with E-state index in [-0.39, 0.29) is 16.4 Å². The molecule has 0 heterocycles. The van der Waals surface area contributed by atoms with Crippen LogP contribution in [0, 0.1) is 0 Å². The third-order valence-corrected chi connectivity index (χ3v) is 2.61. The van der Waals surface area contributed by atoms with Gasteiger partial charge in [0.05, 0.1) is 10.9 Å². The maximum Gasteiger partial charge on any atom is 0.321 e. The molecule has 15 heavy (non-hydrogen) atoms. The van der Waals surface area contributed by atoms with Crippen molar-refractivity contribution in [3.05, 3.63) is 29.8 Å². The lowest BCUT2D eigenvalue weighted by molar-refractivity contribution is -0.131. The number of esters is 1. The van der Waals surface area contributed by atoms with Crippen LogP contribution >= 0.6 is 31.9 Å². The number of carbonyl (C=O) groups is 2. The number of carbonyl (C=O) groups excluding carboxylic acids is 2. The molecule has 0 unspecified atom stereocenters. The fourth-order valence-electron chi connectivity index (χ4n) is 1.01. The Morgan fingerprint density at radius 1 is 1.13 bits per heavy atom. The number of rotatable bonds is 4. The first-order valence-corrected chi connectivity index (χ1v) is 6.38. The molecule has 1 rings (SSSR count). The van der Waals surface area contributed by atoms with Gasteiger partial charge in [0.25, 0.3) is 0 Å². The summed E-state index contributed by atoms with van der Waals surface area (Å²) in [6, 6.07) is 6.65. The van der Waals surface area contributed by atoms with Crippen molar-refractivity contribution in [2.24, 2.45) is 0 Å². The van der Waals surface area contributed by atoms with E-state index in [0.29, 0.717) is 11.3 Å². The van der Waals surface area contributed by atoms with Gasteiger partial charge >= 0.3 is 5.97 Å². The zero-order valence-corrected chi connectivity index (χ0v) is 10.9. The molecular weight excluding hydrogens is 328 g/mol. The average Bonchev–Trinajstić information content (AvgIpc) is 2.28. The number of benzene rings is 1. The SMILES string of the molecule is O=C(CBr)Oc1ccccc1C(=O)CBr. The molecule has 0 N–H and O–H groups in total. The van der Waals surface area contributed by atoms with Gasteiger partial charge in [-0.25, -0.2) is 0 Å². The number of hydrogen-bond acceptors (Lipinski definition) is 3. The fraction of sp³-hybridized carbons (Fsp3) is 0.200. The quantitative estimate of drug-likeness (QED) is 0.367. The van der Waals surface area contributed by atoms with Crippen LogP contribution in [0.4, 0.5) is 0 Å².